The van der Waals surface area contributed by atoms with Crippen molar-refractivity contribution in [3.63, 3.8) is 0 Å². The number of aromatic nitrogens is 4. The van der Waals surface area contributed by atoms with Crippen molar-refractivity contribution < 1.29 is 14.3 Å². The number of urea groups is 1. The molecule has 184 valence electrons. The van der Waals surface area contributed by atoms with E-state index in [0.29, 0.717) is 36.0 Å². The molecule has 9 heteroatoms. The second-order valence-corrected chi connectivity index (χ2v) is 9.08. The standard InChI is InChI=1S/C26H32N6O3/c1-5-10-26(11-6-2)12-14-32(24(26)33)25(34)30-23-8-7-22(18(3)29-23)35-20-9-13-27-21(15-20)19-16-28-31(4)17-19/h7-9,13,15-17H,5-6,10-12,14H2,1-4H3,(H,29,30,34). The number of imide groups is 1. The molecule has 3 amide bonds. The van der Waals surface area contributed by atoms with E-state index in [-0.39, 0.29) is 5.91 Å². The summed E-state index contributed by atoms with van der Waals surface area (Å²) >= 11 is 0. The Morgan fingerprint density at radius 3 is 2.63 bits per heavy atom. The lowest BCUT2D eigenvalue weighted by molar-refractivity contribution is -0.134. The molecule has 1 fully saturated rings. The summed E-state index contributed by atoms with van der Waals surface area (Å²) in [5.41, 5.74) is 1.84. The van der Waals surface area contributed by atoms with Crippen molar-refractivity contribution in [2.45, 2.75) is 52.9 Å². The van der Waals surface area contributed by atoms with Crippen LogP contribution in [-0.4, -0.2) is 43.1 Å². The fraction of sp³-hybridized carbons (Fsp3) is 0.423. The van der Waals surface area contributed by atoms with Gasteiger partial charge < -0.3 is 4.74 Å². The van der Waals surface area contributed by atoms with Crippen LogP contribution in [-0.2, 0) is 11.8 Å². The Hall–Kier alpha value is -3.75. The van der Waals surface area contributed by atoms with Gasteiger partial charge in [-0.05, 0) is 44.4 Å². The summed E-state index contributed by atoms with van der Waals surface area (Å²) in [5, 5.41) is 6.96. The molecule has 0 radical (unpaired) electrons. The fourth-order valence-corrected chi connectivity index (χ4v) is 4.78. The first-order valence-corrected chi connectivity index (χ1v) is 12.1. The van der Waals surface area contributed by atoms with E-state index >= 15 is 0 Å². The summed E-state index contributed by atoms with van der Waals surface area (Å²) in [6.45, 7) is 6.40. The molecular formula is C26H32N6O3. The lowest BCUT2D eigenvalue weighted by Gasteiger charge is -2.26. The predicted octanol–water partition coefficient (Wildman–Crippen LogP) is 5.33. The minimum absolute atomic E-state index is 0.0718. The van der Waals surface area contributed by atoms with Crippen LogP contribution in [0.5, 0.6) is 11.5 Å². The summed E-state index contributed by atoms with van der Waals surface area (Å²) in [6, 6.07) is 6.61. The Labute approximate surface area is 205 Å². The van der Waals surface area contributed by atoms with Crippen molar-refractivity contribution >= 4 is 17.8 Å². The van der Waals surface area contributed by atoms with E-state index in [1.165, 1.54) is 4.90 Å². The Kier molecular flexibility index (Phi) is 7.14. The van der Waals surface area contributed by atoms with Gasteiger partial charge in [0, 0.05) is 37.6 Å². The third-order valence-electron chi connectivity index (χ3n) is 6.45. The highest BCUT2D eigenvalue weighted by Crippen LogP contribution is 2.41. The molecule has 1 saturated heterocycles. The molecule has 9 nitrogen and oxygen atoms in total. The molecule has 1 N–H and O–H groups in total. The van der Waals surface area contributed by atoms with Gasteiger partial charge in [0.15, 0.2) is 0 Å². The number of hydrogen-bond donors (Lipinski definition) is 1. The number of nitrogens with one attached hydrogen (secondary N) is 1. The minimum atomic E-state index is -0.431. The van der Waals surface area contributed by atoms with Gasteiger partial charge in [-0.3, -0.25) is 24.7 Å². The zero-order chi connectivity index (χ0) is 25.0. The van der Waals surface area contributed by atoms with Gasteiger partial charge in [-0.25, -0.2) is 9.78 Å². The lowest BCUT2D eigenvalue weighted by Crippen LogP contribution is -2.40. The van der Waals surface area contributed by atoms with Gasteiger partial charge in [-0.1, -0.05) is 26.7 Å². The van der Waals surface area contributed by atoms with E-state index in [9.17, 15) is 9.59 Å². The largest absolute Gasteiger partial charge is 0.455 e. The molecule has 0 atom stereocenters. The number of amides is 3. The van der Waals surface area contributed by atoms with Crippen LogP contribution in [0, 0.1) is 12.3 Å². The first kappa shape index (κ1) is 24.4. The maximum absolute atomic E-state index is 13.1. The summed E-state index contributed by atoms with van der Waals surface area (Å²) in [5.74, 6) is 1.49. The van der Waals surface area contributed by atoms with Crippen LogP contribution in [0.15, 0.2) is 42.9 Å². The van der Waals surface area contributed by atoms with E-state index < -0.39 is 11.4 Å². The highest BCUT2D eigenvalue weighted by atomic mass is 16.5. The summed E-state index contributed by atoms with van der Waals surface area (Å²) < 4.78 is 7.75. The SMILES string of the molecule is CCCC1(CCC)CCN(C(=O)Nc2ccc(Oc3ccnc(-c4cnn(C)c4)c3)c(C)n2)C1=O. The zero-order valence-corrected chi connectivity index (χ0v) is 20.7. The van der Waals surface area contributed by atoms with Crippen LogP contribution in [0.2, 0.25) is 0 Å². The Morgan fingerprint density at radius 2 is 1.97 bits per heavy atom. The number of rotatable bonds is 8. The highest BCUT2D eigenvalue weighted by Gasteiger charge is 2.47. The van der Waals surface area contributed by atoms with Crippen LogP contribution in [0.25, 0.3) is 11.3 Å². The normalized spacial score (nSPS) is 14.9. The molecule has 1 aliphatic rings. The van der Waals surface area contributed by atoms with E-state index in [4.69, 9.17) is 4.74 Å². The molecule has 0 aliphatic carbocycles. The maximum atomic E-state index is 13.1. The first-order chi connectivity index (χ1) is 16.8. The Bertz CT molecular complexity index is 1220. The number of aryl methyl sites for hydroxylation is 2. The summed E-state index contributed by atoms with van der Waals surface area (Å²) in [7, 11) is 1.85. The first-order valence-electron chi connectivity index (χ1n) is 12.1. The molecule has 35 heavy (non-hydrogen) atoms. The molecule has 0 saturated carbocycles. The smallest absolute Gasteiger partial charge is 0.329 e. The van der Waals surface area contributed by atoms with E-state index in [0.717, 1.165) is 36.9 Å². The second kappa shape index (κ2) is 10.2. The molecule has 0 aromatic carbocycles. The van der Waals surface area contributed by atoms with Crippen LogP contribution >= 0.6 is 0 Å². The molecule has 3 aromatic rings. The Morgan fingerprint density at radius 1 is 1.20 bits per heavy atom. The fourth-order valence-electron chi connectivity index (χ4n) is 4.78. The molecular weight excluding hydrogens is 444 g/mol. The number of hydrogen-bond acceptors (Lipinski definition) is 6. The quantitative estimate of drug-likeness (QED) is 0.471. The van der Waals surface area contributed by atoms with Crippen molar-refractivity contribution in [2.24, 2.45) is 12.5 Å². The van der Waals surface area contributed by atoms with Gasteiger partial charge in [0.1, 0.15) is 17.3 Å². The van der Waals surface area contributed by atoms with E-state index in [2.05, 4.69) is 34.2 Å². The number of ether oxygens (including phenoxy) is 1. The van der Waals surface area contributed by atoms with Crippen molar-refractivity contribution in [3.05, 3.63) is 48.5 Å². The van der Waals surface area contributed by atoms with E-state index in [1.807, 2.05) is 26.2 Å². The van der Waals surface area contributed by atoms with Gasteiger partial charge in [0.05, 0.1) is 23.0 Å². The molecule has 3 aromatic heterocycles. The summed E-state index contributed by atoms with van der Waals surface area (Å²) in [4.78, 5) is 36.2. The highest BCUT2D eigenvalue weighted by molar-refractivity contribution is 6.04. The molecule has 4 rings (SSSR count). The second-order valence-electron chi connectivity index (χ2n) is 9.08. The van der Waals surface area contributed by atoms with Gasteiger partial charge in [0.25, 0.3) is 0 Å². The Balaban J connectivity index is 1.43. The number of carbonyl (C=O) groups excluding carboxylic acids is 2. The number of carbonyl (C=O) groups is 2. The van der Waals surface area contributed by atoms with Crippen LogP contribution in [0.1, 0.15) is 51.6 Å². The molecule has 0 bridgehead atoms. The van der Waals surface area contributed by atoms with Crippen LogP contribution in [0.3, 0.4) is 0 Å². The van der Waals surface area contributed by atoms with Gasteiger partial charge >= 0.3 is 6.03 Å². The molecule has 1 aliphatic heterocycles. The monoisotopic (exact) mass is 476 g/mol. The predicted molar refractivity (Wildman–Crippen MR) is 133 cm³/mol. The zero-order valence-electron chi connectivity index (χ0n) is 20.7. The third kappa shape index (κ3) is 5.18. The van der Waals surface area contributed by atoms with Crippen LogP contribution in [0.4, 0.5) is 10.6 Å². The van der Waals surface area contributed by atoms with E-state index in [1.54, 1.807) is 35.3 Å². The third-order valence-corrected chi connectivity index (χ3v) is 6.45. The molecule has 0 spiro atoms. The topological polar surface area (TPSA) is 102 Å². The van der Waals surface area contributed by atoms with Crippen molar-refractivity contribution in [1.29, 1.82) is 0 Å². The average Bonchev–Trinajstić information content (AvgIpc) is 3.40. The molecule has 4 heterocycles. The van der Waals surface area contributed by atoms with Gasteiger partial charge in [-0.2, -0.15) is 5.10 Å². The lowest BCUT2D eigenvalue weighted by atomic mass is 9.78. The number of likely N-dealkylation sites (tertiary alicyclic amines) is 1. The van der Waals surface area contributed by atoms with Crippen molar-refractivity contribution in [3.8, 4) is 22.8 Å². The number of pyridine rings is 2. The van der Waals surface area contributed by atoms with Crippen LogP contribution < -0.4 is 10.1 Å². The maximum Gasteiger partial charge on any atom is 0.329 e. The summed E-state index contributed by atoms with van der Waals surface area (Å²) in [6.07, 6.45) is 9.49. The van der Waals surface area contributed by atoms with Gasteiger partial charge in [-0.15, -0.1) is 0 Å². The minimum Gasteiger partial charge on any atom is -0.455 e. The average molecular weight is 477 g/mol. The van der Waals surface area contributed by atoms with Crippen molar-refractivity contribution in [2.75, 3.05) is 11.9 Å². The number of anilines is 1. The number of nitrogens with zero attached hydrogens (tertiary/aromatic N) is 5. The molecule has 0 unspecified atom stereocenters. The van der Waals surface area contributed by atoms with Crippen molar-refractivity contribution in [1.82, 2.24) is 24.6 Å². The van der Waals surface area contributed by atoms with Gasteiger partial charge in [0.2, 0.25) is 5.91 Å².